The summed E-state index contributed by atoms with van der Waals surface area (Å²) in [4.78, 5) is 16.6. The molecule has 3 aromatic rings. The van der Waals surface area contributed by atoms with Gasteiger partial charge in [-0.2, -0.15) is 0 Å². The highest BCUT2D eigenvalue weighted by Gasteiger charge is 2.18. The number of pyridine rings is 1. The molecule has 0 aliphatic rings. The van der Waals surface area contributed by atoms with Crippen molar-refractivity contribution in [1.29, 1.82) is 0 Å². The van der Waals surface area contributed by atoms with Crippen LogP contribution in [0, 0.1) is 6.92 Å². The van der Waals surface area contributed by atoms with Crippen molar-refractivity contribution in [3.63, 3.8) is 0 Å². The highest BCUT2D eigenvalue weighted by atomic mass is 35.5. The number of halogens is 1. The van der Waals surface area contributed by atoms with Crippen LogP contribution in [0.15, 0.2) is 48.7 Å². The number of imidazole rings is 1. The molecule has 0 saturated carbocycles. The Kier molecular flexibility index (Phi) is 3.62. The van der Waals surface area contributed by atoms with Crippen LogP contribution in [0.3, 0.4) is 0 Å². The average Bonchev–Trinajstić information content (AvgIpc) is 2.81. The summed E-state index contributed by atoms with van der Waals surface area (Å²) in [6.07, 6.45) is 1.66. The van der Waals surface area contributed by atoms with Crippen LogP contribution < -0.4 is 0 Å². The molecule has 4 nitrogen and oxygen atoms in total. The molecule has 3 rings (SSSR count). The number of hydrogen-bond acceptors (Lipinski definition) is 3. The smallest absolute Gasteiger partial charge is 0.357 e. The van der Waals surface area contributed by atoms with Gasteiger partial charge in [0, 0.05) is 6.20 Å². The second kappa shape index (κ2) is 5.58. The van der Waals surface area contributed by atoms with Crippen molar-refractivity contribution >= 4 is 23.2 Å². The van der Waals surface area contributed by atoms with Crippen molar-refractivity contribution in [1.82, 2.24) is 9.38 Å². The van der Waals surface area contributed by atoms with Crippen LogP contribution in [-0.4, -0.2) is 15.4 Å². The fourth-order valence-corrected chi connectivity index (χ4v) is 2.33. The lowest BCUT2D eigenvalue weighted by Crippen LogP contribution is -2.09. The summed E-state index contributed by atoms with van der Waals surface area (Å²) < 4.78 is 7.02. The zero-order valence-electron chi connectivity index (χ0n) is 11.4. The molecule has 0 bridgehead atoms. The molecule has 21 heavy (non-hydrogen) atoms. The third kappa shape index (κ3) is 2.76. The molecule has 106 valence electrons. The highest BCUT2D eigenvalue weighted by Crippen LogP contribution is 2.17. The third-order valence-electron chi connectivity index (χ3n) is 3.16. The molecule has 0 saturated heterocycles. The van der Waals surface area contributed by atoms with E-state index in [1.165, 1.54) is 0 Å². The molecule has 5 heteroatoms. The molecule has 1 aromatic carbocycles. The van der Waals surface area contributed by atoms with E-state index in [-0.39, 0.29) is 6.61 Å². The van der Waals surface area contributed by atoms with Gasteiger partial charge in [-0.1, -0.05) is 41.9 Å². The van der Waals surface area contributed by atoms with Crippen molar-refractivity contribution in [2.75, 3.05) is 0 Å². The Morgan fingerprint density at radius 2 is 2.00 bits per heavy atom. The number of nitrogens with zero attached hydrogens (tertiary/aromatic N) is 2. The average molecular weight is 301 g/mol. The number of rotatable bonds is 3. The molecule has 0 spiro atoms. The number of esters is 1. The summed E-state index contributed by atoms with van der Waals surface area (Å²) in [7, 11) is 0. The van der Waals surface area contributed by atoms with Gasteiger partial charge in [-0.15, -0.1) is 0 Å². The highest BCUT2D eigenvalue weighted by molar-refractivity contribution is 6.30. The maximum atomic E-state index is 12.3. The van der Waals surface area contributed by atoms with Crippen LogP contribution >= 0.6 is 11.6 Å². The number of hydrogen-bond donors (Lipinski definition) is 0. The third-order valence-corrected chi connectivity index (χ3v) is 3.39. The summed E-state index contributed by atoms with van der Waals surface area (Å²) in [5, 5.41) is 0.539. The van der Waals surface area contributed by atoms with E-state index in [4.69, 9.17) is 16.3 Å². The first-order chi connectivity index (χ1) is 10.1. The van der Waals surface area contributed by atoms with Crippen LogP contribution in [0.1, 0.15) is 21.7 Å². The van der Waals surface area contributed by atoms with Crippen molar-refractivity contribution in [2.24, 2.45) is 0 Å². The lowest BCUT2D eigenvalue weighted by atomic mass is 10.2. The molecule has 0 radical (unpaired) electrons. The van der Waals surface area contributed by atoms with E-state index in [1.54, 1.807) is 29.7 Å². The predicted molar refractivity (Wildman–Crippen MR) is 80.5 cm³/mol. The van der Waals surface area contributed by atoms with Gasteiger partial charge in [-0.25, -0.2) is 9.78 Å². The Morgan fingerprint density at radius 3 is 2.76 bits per heavy atom. The summed E-state index contributed by atoms with van der Waals surface area (Å²) in [6, 6.07) is 13.1. The van der Waals surface area contributed by atoms with Gasteiger partial charge in [-0.05, 0) is 24.6 Å². The monoisotopic (exact) mass is 300 g/mol. The normalized spacial score (nSPS) is 10.8. The van der Waals surface area contributed by atoms with Gasteiger partial charge in [0.25, 0.3) is 0 Å². The first kappa shape index (κ1) is 13.6. The second-order valence-electron chi connectivity index (χ2n) is 4.68. The Labute approximate surface area is 126 Å². The first-order valence-corrected chi connectivity index (χ1v) is 6.88. The Bertz CT molecular complexity index is 797. The van der Waals surface area contributed by atoms with Crippen molar-refractivity contribution in [3.05, 3.63) is 70.6 Å². The number of ether oxygens (including phenoxy) is 1. The van der Waals surface area contributed by atoms with E-state index >= 15 is 0 Å². The van der Waals surface area contributed by atoms with Gasteiger partial charge in [-0.3, -0.25) is 4.40 Å². The number of fused-ring (bicyclic) bond motifs is 1. The maximum Gasteiger partial charge on any atom is 0.357 e. The maximum absolute atomic E-state index is 12.3. The van der Waals surface area contributed by atoms with Crippen molar-refractivity contribution in [2.45, 2.75) is 13.5 Å². The standard InChI is InChI=1S/C16H13ClN2O2/c1-11-15(19-9-13(17)7-8-14(19)18-11)16(20)21-10-12-5-3-2-4-6-12/h2-9H,10H2,1H3. The summed E-state index contributed by atoms with van der Waals surface area (Å²) >= 11 is 5.98. The predicted octanol–water partition coefficient (Wildman–Crippen LogP) is 3.65. The van der Waals surface area contributed by atoms with Gasteiger partial charge >= 0.3 is 5.97 Å². The Hall–Kier alpha value is -2.33. The molecule has 2 heterocycles. The summed E-state index contributed by atoms with van der Waals surface area (Å²) in [6.45, 7) is 2.01. The minimum absolute atomic E-state index is 0.229. The zero-order chi connectivity index (χ0) is 14.8. The molecule has 0 atom stereocenters. The molecular weight excluding hydrogens is 288 g/mol. The lowest BCUT2D eigenvalue weighted by molar-refractivity contribution is 0.0463. The fraction of sp³-hybridized carbons (Fsp3) is 0.125. The van der Waals surface area contributed by atoms with Crippen molar-refractivity contribution in [3.8, 4) is 0 Å². The first-order valence-electron chi connectivity index (χ1n) is 6.50. The largest absolute Gasteiger partial charge is 0.456 e. The topological polar surface area (TPSA) is 43.6 Å². The molecule has 2 aromatic heterocycles. The van der Waals surface area contributed by atoms with Crippen LogP contribution in [0.5, 0.6) is 0 Å². The van der Waals surface area contributed by atoms with Gasteiger partial charge < -0.3 is 4.74 Å². The minimum atomic E-state index is -0.411. The molecular formula is C16H13ClN2O2. The van der Waals surface area contributed by atoms with Gasteiger partial charge in [0.05, 0.1) is 10.7 Å². The number of carbonyl (C=O) groups excluding carboxylic acids is 1. The minimum Gasteiger partial charge on any atom is -0.456 e. The SMILES string of the molecule is Cc1nc2ccc(Cl)cn2c1C(=O)OCc1ccccc1. The molecule has 0 amide bonds. The summed E-state index contributed by atoms with van der Waals surface area (Å²) in [5.74, 6) is -0.411. The van der Waals surface area contributed by atoms with Crippen LogP contribution in [0.2, 0.25) is 5.02 Å². The van der Waals surface area contributed by atoms with Crippen LogP contribution in [0.25, 0.3) is 5.65 Å². The van der Waals surface area contributed by atoms with E-state index in [9.17, 15) is 4.79 Å². The summed E-state index contributed by atoms with van der Waals surface area (Å²) in [5.41, 5.74) is 2.64. The van der Waals surface area contributed by atoms with Gasteiger partial charge in [0.15, 0.2) is 5.69 Å². The van der Waals surface area contributed by atoms with Crippen molar-refractivity contribution < 1.29 is 9.53 Å². The second-order valence-corrected chi connectivity index (χ2v) is 5.12. The van der Waals surface area contributed by atoms with Crippen LogP contribution in [0.4, 0.5) is 0 Å². The molecule has 0 aliphatic carbocycles. The zero-order valence-corrected chi connectivity index (χ0v) is 12.2. The van der Waals surface area contributed by atoms with E-state index in [0.717, 1.165) is 5.56 Å². The number of aromatic nitrogens is 2. The number of benzene rings is 1. The van der Waals surface area contributed by atoms with Gasteiger partial charge in [0.2, 0.25) is 0 Å². The van der Waals surface area contributed by atoms with E-state index < -0.39 is 5.97 Å². The van der Waals surface area contributed by atoms with Gasteiger partial charge in [0.1, 0.15) is 12.3 Å². The molecule has 0 aliphatic heterocycles. The molecule has 0 N–H and O–H groups in total. The van der Waals surface area contributed by atoms with E-state index in [1.807, 2.05) is 30.3 Å². The Morgan fingerprint density at radius 1 is 1.24 bits per heavy atom. The quantitative estimate of drug-likeness (QED) is 0.693. The fourth-order valence-electron chi connectivity index (χ4n) is 2.17. The lowest BCUT2D eigenvalue weighted by Gasteiger charge is -2.06. The number of carbonyl (C=O) groups is 1. The molecule has 0 fully saturated rings. The molecule has 0 unspecified atom stereocenters. The number of aryl methyl sites for hydroxylation is 1. The van der Waals surface area contributed by atoms with E-state index in [0.29, 0.717) is 22.1 Å². The Balaban J connectivity index is 1.87. The van der Waals surface area contributed by atoms with E-state index in [2.05, 4.69) is 4.98 Å². The van der Waals surface area contributed by atoms with Crippen LogP contribution in [-0.2, 0) is 11.3 Å².